The second-order valence-corrected chi connectivity index (χ2v) is 2.83. The quantitative estimate of drug-likeness (QED) is 0.474. The molecule has 0 fully saturated rings. The number of nitrogens with zero attached hydrogens (tertiary/aromatic N) is 1. The first-order chi connectivity index (χ1) is 4.42. The molecule has 0 saturated heterocycles. The smallest absolute Gasteiger partial charge is 0.242 e. The standard InChI is InChI=1S/C6H13NO3/c1-4-5(8)6(2,3)7(9)10/h5,8H,4H2,1-3H3/t5-/m1/s1. The van der Waals surface area contributed by atoms with Gasteiger partial charge in [0.1, 0.15) is 6.10 Å². The molecule has 4 heteroatoms. The molecular formula is C6H13NO3. The van der Waals surface area contributed by atoms with Crippen LogP contribution in [0.4, 0.5) is 0 Å². The van der Waals surface area contributed by atoms with Crippen molar-refractivity contribution in [3.8, 4) is 0 Å². The molecule has 4 nitrogen and oxygen atoms in total. The van der Waals surface area contributed by atoms with E-state index >= 15 is 0 Å². The Hall–Kier alpha value is -0.640. The van der Waals surface area contributed by atoms with E-state index in [4.69, 9.17) is 5.11 Å². The minimum atomic E-state index is -1.21. The van der Waals surface area contributed by atoms with Crippen molar-refractivity contribution in [2.45, 2.75) is 38.8 Å². The van der Waals surface area contributed by atoms with Gasteiger partial charge in [-0.2, -0.15) is 0 Å². The molecule has 0 aromatic rings. The van der Waals surface area contributed by atoms with Gasteiger partial charge in [0.15, 0.2) is 0 Å². The lowest BCUT2D eigenvalue weighted by Crippen LogP contribution is -2.43. The van der Waals surface area contributed by atoms with E-state index in [1.54, 1.807) is 6.92 Å². The summed E-state index contributed by atoms with van der Waals surface area (Å²) in [5.41, 5.74) is -1.21. The van der Waals surface area contributed by atoms with Crippen molar-refractivity contribution in [2.24, 2.45) is 0 Å². The Balaban J connectivity index is 4.23. The minimum absolute atomic E-state index is 0.411. The average molecular weight is 147 g/mol. The summed E-state index contributed by atoms with van der Waals surface area (Å²) >= 11 is 0. The van der Waals surface area contributed by atoms with Gasteiger partial charge >= 0.3 is 0 Å². The van der Waals surface area contributed by atoms with Crippen molar-refractivity contribution in [2.75, 3.05) is 0 Å². The van der Waals surface area contributed by atoms with Crippen molar-refractivity contribution in [1.82, 2.24) is 0 Å². The molecular weight excluding hydrogens is 134 g/mol. The average Bonchev–Trinajstić information content (AvgIpc) is 1.86. The Labute approximate surface area is 60.0 Å². The highest BCUT2D eigenvalue weighted by Crippen LogP contribution is 2.15. The second kappa shape index (κ2) is 2.96. The fourth-order valence-electron chi connectivity index (χ4n) is 0.621. The molecule has 0 aromatic carbocycles. The van der Waals surface area contributed by atoms with Crippen molar-refractivity contribution in [3.63, 3.8) is 0 Å². The molecule has 0 bridgehead atoms. The summed E-state index contributed by atoms with van der Waals surface area (Å²) in [6.07, 6.45) is -0.448. The van der Waals surface area contributed by atoms with Gasteiger partial charge < -0.3 is 5.11 Å². The summed E-state index contributed by atoms with van der Waals surface area (Å²) in [4.78, 5) is 9.81. The largest absolute Gasteiger partial charge is 0.386 e. The molecule has 0 radical (unpaired) electrons. The number of nitro groups is 1. The zero-order valence-electron chi connectivity index (χ0n) is 6.50. The minimum Gasteiger partial charge on any atom is -0.386 e. The molecule has 10 heavy (non-hydrogen) atoms. The van der Waals surface area contributed by atoms with Crippen LogP contribution in [0, 0.1) is 10.1 Å². The van der Waals surface area contributed by atoms with Crippen LogP contribution in [0.5, 0.6) is 0 Å². The van der Waals surface area contributed by atoms with E-state index in [0.717, 1.165) is 0 Å². The first-order valence-electron chi connectivity index (χ1n) is 3.25. The highest BCUT2D eigenvalue weighted by atomic mass is 16.6. The summed E-state index contributed by atoms with van der Waals surface area (Å²) in [6.45, 7) is 4.55. The summed E-state index contributed by atoms with van der Waals surface area (Å²) in [5, 5.41) is 19.4. The maximum atomic E-state index is 10.3. The third-order valence-electron chi connectivity index (χ3n) is 1.67. The van der Waals surface area contributed by atoms with Crippen LogP contribution < -0.4 is 0 Å². The number of aliphatic hydroxyl groups excluding tert-OH is 1. The monoisotopic (exact) mass is 147 g/mol. The van der Waals surface area contributed by atoms with E-state index in [1.165, 1.54) is 13.8 Å². The van der Waals surface area contributed by atoms with Gasteiger partial charge in [-0.25, -0.2) is 0 Å². The van der Waals surface area contributed by atoms with Gasteiger partial charge in [-0.1, -0.05) is 6.92 Å². The molecule has 0 aliphatic heterocycles. The molecule has 0 aliphatic carbocycles. The molecule has 0 spiro atoms. The number of hydrogen-bond donors (Lipinski definition) is 1. The van der Waals surface area contributed by atoms with E-state index in [-0.39, 0.29) is 0 Å². The highest BCUT2D eigenvalue weighted by molar-refractivity contribution is 4.75. The zero-order valence-corrected chi connectivity index (χ0v) is 6.50. The molecule has 60 valence electrons. The molecule has 0 aliphatic rings. The van der Waals surface area contributed by atoms with Gasteiger partial charge in [0, 0.05) is 18.8 Å². The molecule has 0 aromatic heterocycles. The van der Waals surface area contributed by atoms with Gasteiger partial charge in [-0.3, -0.25) is 10.1 Å². The molecule has 0 amide bonds. The highest BCUT2D eigenvalue weighted by Gasteiger charge is 2.38. The van der Waals surface area contributed by atoms with Crippen LogP contribution >= 0.6 is 0 Å². The Morgan fingerprint density at radius 3 is 2.20 bits per heavy atom. The normalized spacial score (nSPS) is 14.8. The van der Waals surface area contributed by atoms with E-state index < -0.39 is 16.6 Å². The van der Waals surface area contributed by atoms with Gasteiger partial charge in [0.05, 0.1) is 0 Å². The van der Waals surface area contributed by atoms with E-state index in [9.17, 15) is 10.1 Å². The van der Waals surface area contributed by atoms with Crippen LogP contribution in [-0.2, 0) is 0 Å². The van der Waals surface area contributed by atoms with Crippen LogP contribution in [0.25, 0.3) is 0 Å². The second-order valence-electron chi connectivity index (χ2n) is 2.83. The van der Waals surface area contributed by atoms with Crippen molar-refractivity contribution < 1.29 is 10.0 Å². The molecule has 1 N–H and O–H groups in total. The Morgan fingerprint density at radius 1 is 1.70 bits per heavy atom. The summed E-state index contributed by atoms with van der Waals surface area (Å²) in [7, 11) is 0. The Morgan fingerprint density at radius 2 is 2.10 bits per heavy atom. The fraction of sp³-hybridized carbons (Fsp3) is 1.00. The van der Waals surface area contributed by atoms with Gasteiger partial charge in [-0.15, -0.1) is 0 Å². The maximum absolute atomic E-state index is 10.3. The number of hydrogen-bond acceptors (Lipinski definition) is 3. The summed E-state index contributed by atoms with van der Waals surface area (Å²) in [5.74, 6) is 0. The fourth-order valence-corrected chi connectivity index (χ4v) is 0.621. The maximum Gasteiger partial charge on any atom is 0.242 e. The topological polar surface area (TPSA) is 63.4 Å². The predicted octanol–water partition coefficient (Wildman–Crippen LogP) is 0.813. The lowest BCUT2D eigenvalue weighted by Gasteiger charge is -2.20. The SMILES string of the molecule is CC[C@@H](O)C(C)(C)[N+](=O)[O-]. The summed E-state index contributed by atoms with van der Waals surface area (Å²) in [6, 6.07) is 0. The summed E-state index contributed by atoms with van der Waals surface area (Å²) < 4.78 is 0. The van der Waals surface area contributed by atoms with Crippen LogP contribution in [0.1, 0.15) is 27.2 Å². The lowest BCUT2D eigenvalue weighted by atomic mass is 9.97. The Bertz CT molecular complexity index is 133. The number of aliphatic hydroxyl groups is 1. The van der Waals surface area contributed by atoms with Crippen molar-refractivity contribution in [3.05, 3.63) is 10.1 Å². The van der Waals surface area contributed by atoms with Gasteiger partial charge in [0.25, 0.3) is 0 Å². The Kier molecular flexibility index (Phi) is 2.77. The van der Waals surface area contributed by atoms with Crippen LogP contribution in [-0.4, -0.2) is 21.7 Å². The first-order valence-corrected chi connectivity index (χ1v) is 3.25. The molecule has 0 saturated carbocycles. The van der Waals surface area contributed by atoms with E-state index in [0.29, 0.717) is 6.42 Å². The van der Waals surface area contributed by atoms with E-state index in [1.807, 2.05) is 0 Å². The predicted molar refractivity (Wildman–Crippen MR) is 37.4 cm³/mol. The lowest BCUT2D eigenvalue weighted by molar-refractivity contribution is -0.573. The first kappa shape index (κ1) is 9.36. The third-order valence-corrected chi connectivity index (χ3v) is 1.67. The van der Waals surface area contributed by atoms with Crippen molar-refractivity contribution >= 4 is 0 Å². The van der Waals surface area contributed by atoms with Crippen molar-refractivity contribution in [1.29, 1.82) is 0 Å². The van der Waals surface area contributed by atoms with Gasteiger partial charge in [-0.05, 0) is 6.42 Å². The van der Waals surface area contributed by atoms with Crippen LogP contribution in [0.3, 0.4) is 0 Å². The zero-order chi connectivity index (χ0) is 8.36. The van der Waals surface area contributed by atoms with E-state index in [2.05, 4.69) is 0 Å². The number of rotatable bonds is 3. The van der Waals surface area contributed by atoms with Crippen LogP contribution in [0.2, 0.25) is 0 Å². The molecule has 0 rings (SSSR count). The molecule has 1 atom stereocenters. The molecule has 0 unspecified atom stereocenters. The van der Waals surface area contributed by atoms with Crippen LogP contribution in [0.15, 0.2) is 0 Å². The molecule has 0 heterocycles. The van der Waals surface area contributed by atoms with Gasteiger partial charge in [0.2, 0.25) is 5.54 Å². The third kappa shape index (κ3) is 1.67.